The monoisotopic (exact) mass is 435 g/mol. The van der Waals surface area contributed by atoms with Crippen molar-refractivity contribution >= 4 is 40.8 Å². The van der Waals surface area contributed by atoms with E-state index < -0.39 is 0 Å². The number of nitrogens with zero attached hydrogens (tertiary/aromatic N) is 1. The highest BCUT2D eigenvalue weighted by atomic mass is 35.5. The predicted octanol–water partition coefficient (Wildman–Crippen LogP) is 4.38. The van der Waals surface area contributed by atoms with E-state index in [2.05, 4.69) is 10.6 Å². The maximum atomic E-state index is 12.5. The Kier molecular flexibility index (Phi) is 5.93. The standard InChI is InChI=1S/C24H22ClN3O3/c1-28(2)12-11-26-23(29)19-13-15(7-9-20(19)25)22-10-8-16(31-22)14-18-17-5-3-4-6-21(17)27-24(18)30/h3-10,13-14H,11-12H2,1-2H3,(H,26,29)(H,27,30)/b18-14+. The highest BCUT2D eigenvalue weighted by Crippen LogP contribution is 2.34. The molecule has 2 heterocycles. The first kappa shape index (κ1) is 20.9. The molecule has 6 nitrogen and oxygen atoms in total. The molecule has 158 valence electrons. The van der Waals surface area contributed by atoms with Crippen LogP contribution >= 0.6 is 11.6 Å². The Morgan fingerprint density at radius 2 is 1.97 bits per heavy atom. The minimum Gasteiger partial charge on any atom is -0.457 e. The van der Waals surface area contributed by atoms with E-state index in [4.69, 9.17) is 16.0 Å². The van der Waals surface area contributed by atoms with Gasteiger partial charge >= 0.3 is 0 Å². The molecule has 7 heteroatoms. The van der Waals surface area contributed by atoms with Crippen LogP contribution in [0.15, 0.2) is 59.0 Å². The number of hydrogen-bond donors (Lipinski definition) is 2. The van der Waals surface area contributed by atoms with Gasteiger partial charge in [-0.2, -0.15) is 0 Å². The fourth-order valence-electron chi connectivity index (χ4n) is 3.35. The first-order valence-corrected chi connectivity index (χ1v) is 10.3. The molecule has 2 amide bonds. The molecule has 4 rings (SSSR count). The van der Waals surface area contributed by atoms with Crippen LogP contribution in [0.4, 0.5) is 5.69 Å². The van der Waals surface area contributed by atoms with Gasteiger partial charge in [-0.05, 0) is 56.6 Å². The van der Waals surface area contributed by atoms with Gasteiger partial charge in [0.25, 0.3) is 11.8 Å². The van der Waals surface area contributed by atoms with Gasteiger partial charge in [-0.3, -0.25) is 9.59 Å². The third kappa shape index (κ3) is 4.55. The normalized spacial score (nSPS) is 14.1. The van der Waals surface area contributed by atoms with Crippen LogP contribution in [0, 0.1) is 0 Å². The second-order valence-corrected chi connectivity index (χ2v) is 7.92. The lowest BCUT2D eigenvalue weighted by Crippen LogP contribution is -2.31. The maximum absolute atomic E-state index is 12.5. The number of benzene rings is 2. The Morgan fingerprint density at radius 1 is 1.16 bits per heavy atom. The summed E-state index contributed by atoms with van der Waals surface area (Å²) < 4.78 is 5.94. The lowest BCUT2D eigenvalue weighted by atomic mass is 10.1. The fraction of sp³-hybridized carbons (Fsp3) is 0.167. The first-order chi connectivity index (χ1) is 14.9. The smallest absolute Gasteiger partial charge is 0.256 e. The molecule has 2 N–H and O–H groups in total. The van der Waals surface area contributed by atoms with Crippen LogP contribution in [0.3, 0.4) is 0 Å². The third-order valence-electron chi connectivity index (χ3n) is 4.96. The van der Waals surface area contributed by atoms with Crippen molar-refractivity contribution in [2.45, 2.75) is 0 Å². The fourth-order valence-corrected chi connectivity index (χ4v) is 3.55. The quantitative estimate of drug-likeness (QED) is 0.563. The zero-order valence-corrected chi connectivity index (χ0v) is 18.0. The largest absolute Gasteiger partial charge is 0.457 e. The van der Waals surface area contributed by atoms with Crippen LogP contribution < -0.4 is 10.6 Å². The van der Waals surface area contributed by atoms with Crippen LogP contribution in [-0.2, 0) is 4.79 Å². The Balaban J connectivity index is 1.57. The number of rotatable bonds is 6. The summed E-state index contributed by atoms with van der Waals surface area (Å²) in [5.74, 6) is 0.727. The summed E-state index contributed by atoms with van der Waals surface area (Å²) in [7, 11) is 3.88. The number of fused-ring (bicyclic) bond motifs is 1. The number of halogens is 1. The van der Waals surface area contributed by atoms with Crippen molar-refractivity contribution in [3.8, 4) is 11.3 Å². The summed E-state index contributed by atoms with van der Waals surface area (Å²) >= 11 is 6.25. The van der Waals surface area contributed by atoms with E-state index in [0.29, 0.717) is 34.2 Å². The number of furan rings is 1. The van der Waals surface area contributed by atoms with E-state index >= 15 is 0 Å². The molecule has 2 aromatic carbocycles. The van der Waals surface area contributed by atoms with Crippen molar-refractivity contribution in [1.29, 1.82) is 0 Å². The minimum atomic E-state index is -0.234. The molecule has 1 aliphatic rings. The van der Waals surface area contributed by atoms with Gasteiger partial charge in [0.15, 0.2) is 0 Å². The number of nitrogens with one attached hydrogen (secondary N) is 2. The number of amides is 2. The summed E-state index contributed by atoms with van der Waals surface area (Å²) in [6.45, 7) is 1.25. The van der Waals surface area contributed by atoms with Crippen LogP contribution in [0.1, 0.15) is 21.7 Å². The molecule has 31 heavy (non-hydrogen) atoms. The van der Waals surface area contributed by atoms with Gasteiger partial charge in [0.1, 0.15) is 11.5 Å². The lowest BCUT2D eigenvalue weighted by Gasteiger charge is -2.11. The lowest BCUT2D eigenvalue weighted by molar-refractivity contribution is -0.110. The predicted molar refractivity (Wildman–Crippen MR) is 123 cm³/mol. The van der Waals surface area contributed by atoms with E-state index in [0.717, 1.165) is 23.4 Å². The van der Waals surface area contributed by atoms with Crippen molar-refractivity contribution in [3.05, 3.63) is 76.5 Å². The summed E-state index contributed by atoms with van der Waals surface area (Å²) in [6, 6.07) is 16.3. The Hall–Kier alpha value is -3.35. The highest BCUT2D eigenvalue weighted by molar-refractivity contribution is 6.35. The number of carbonyl (C=O) groups is 2. The molecule has 1 aliphatic heterocycles. The van der Waals surface area contributed by atoms with Crippen molar-refractivity contribution in [1.82, 2.24) is 10.2 Å². The first-order valence-electron chi connectivity index (χ1n) is 9.87. The van der Waals surface area contributed by atoms with Crippen molar-refractivity contribution in [2.75, 3.05) is 32.5 Å². The van der Waals surface area contributed by atoms with Gasteiger partial charge < -0.3 is 20.0 Å². The molecule has 0 aliphatic carbocycles. The van der Waals surface area contributed by atoms with Crippen LogP contribution in [0.5, 0.6) is 0 Å². The maximum Gasteiger partial charge on any atom is 0.256 e. The van der Waals surface area contributed by atoms with Crippen LogP contribution in [-0.4, -0.2) is 43.9 Å². The van der Waals surface area contributed by atoms with E-state index in [1.165, 1.54) is 0 Å². The van der Waals surface area contributed by atoms with Gasteiger partial charge in [-0.15, -0.1) is 0 Å². The second-order valence-electron chi connectivity index (χ2n) is 7.51. The van der Waals surface area contributed by atoms with Crippen molar-refractivity contribution in [2.24, 2.45) is 0 Å². The summed E-state index contributed by atoms with van der Waals surface area (Å²) in [4.78, 5) is 26.8. The number of carbonyl (C=O) groups excluding carboxylic acids is 2. The van der Waals surface area contributed by atoms with Gasteiger partial charge in [0.05, 0.1) is 16.2 Å². The Labute approximate surface area is 185 Å². The summed E-state index contributed by atoms with van der Waals surface area (Å²) in [6.07, 6.45) is 1.72. The molecule has 0 atom stereocenters. The Bertz CT molecular complexity index is 1180. The highest BCUT2D eigenvalue weighted by Gasteiger charge is 2.24. The number of likely N-dealkylation sites (N-methyl/N-ethyl adjacent to an activating group) is 1. The number of anilines is 1. The average molecular weight is 436 g/mol. The van der Waals surface area contributed by atoms with Gasteiger partial charge in [-0.1, -0.05) is 29.8 Å². The second kappa shape index (κ2) is 8.79. The van der Waals surface area contributed by atoms with Gasteiger partial charge in [0.2, 0.25) is 0 Å². The zero-order valence-electron chi connectivity index (χ0n) is 17.2. The molecule has 0 radical (unpaired) electrons. The molecule has 0 spiro atoms. The molecule has 0 unspecified atom stereocenters. The number of hydrogen-bond acceptors (Lipinski definition) is 4. The SMILES string of the molecule is CN(C)CCNC(=O)c1cc(-c2ccc(/C=C3/C(=O)Nc4ccccc43)o2)ccc1Cl. The van der Waals surface area contributed by atoms with E-state index in [1.807, 2.05) is 49.3 Å². The topological polar surface area (TPSA) is 74.6 Å². The third-order valence-corrected chi connectivity index (χ3v) is 5.29. The van der Waals surface area contributed by atoms with E-state index in [9.17, 15) is 9.59 Å². The van der Waals surface area contributed by atoms with Crippen molar-refractivity contribution < 1.29 is 14.0 Å². The molecule has 3 aromatic rings. The molecular weight excluding hydrogens is 414 g/mol. The molecule has 0 saturated carbocycles. The zero-order chi connectivity index (χ0) is 22.0. The summed E-state index contributed by atoms with van der Waals surface area (Å²) in [5, 5.41) is 6.09. The van der Waals surface area contributed by atoms with Gasteiger partial charge in [-0.25, -0.2) is 0 Å². The molecule has 0 bridgehead atoms. The summed E-state index contributed by atoms with van der Waals surface area (Å²) in [5.41, 5.74) is 3.29. The number of para-hydroxylation sites is 1. The van der Waals surface area contributed by atoms with E-state index in [-0.39, 0.29) is 11.8 Å². The minimum absolute atomic E-state index is 0.165. The Morgan fingerprint density at radius 3 is 2.77 bits per heavy atom. The van der Waals surface area contributed by atoms with Crippen LogP contribution in [0.25, 0.3) is 23.0 Å². The van der Waals surface area contributed by atoms with Crippen molar-refractivity contribution in [3.63, 3.8) is 0 Å². The molecule has 1 aromatic heterocycles. The molecule has 0 fully saturated rings. The van der Waals surface area contributed by atoms with Gasteiger partial charge in [0, 0.05) is 29.9 Å². The molecule has 0 saturated heterocycles. The van der Waals surface area contributed by atoms with Crippen LogP contribution in [0.2, 0.25) is 5.02 Å². The molecular formula is C24H22ClN3O3. The van der Waals surface area contributed by atoms with E-state index in [1.54, 1.807) is 30.3 Å². The average Bonchev–Trinajstić information content (AvgIpc) is 3.33.